The van der Waals surface area contributed by atoms with E-state index in [9.17, 15) is 4.79 Å². The Morgan fingerprint density at radius 3 is 2.50 bits per heavy atom. The summed E-state index contributed by atoms with van der Waals surface area (Å²) in [6.45, 7) is 7.80. The van der Waals surface area contributed by atoms with Crippen LogP contribution in [-0.2, 0) is 4.79 Å². The normalized spacial score (nSPS) is 20.2. The average molecular weight is 216 g/mol. The zero-order valence-corrected chi connectivity index (χ0v) is 10.1. The summed E-state index contributed by atoms with van der Waals surface area (Å²) in [4.78, 5) is 12.0. The molecule has 3 heteroatoms. The van der Waals surface area contributed by atoms with Crippen molar-refractivity contribution in [2.24, 2.45) is 11.0 Å². The highest BCUT2D eigenvalue weighted by molar-refractivity contribution is 6.14. The molecule has 0 aromatic heterocycles. The zero-order chi connectivity index (χ0) is 11.9. The Morgan fingerprint density at radius 1 is 1.25 bits per heavy atom. The SMILES string of the molecule is CC1=NN(c2cc(C)ccc2C)C(=O)C1C. The number of rotatable bonds is 1. The third-order valence-electron chi connectivity index (χ3n) is 3.06. The number of nitrogens with zero attached hydrogens (tertiary/aromatic N) is 2. The van der Waals surface area contributed by atoms with Crippen molar-refractivity contribution in [2.75, 3.05) is 5.01 Å². The summed E-state index contributed by atoms with van der Waals surface area (Å²) >= 11 is 0. The molecule has 1 aliphatic heterocycles. The van der Waals surface area contributed by atoms with Gasteiger partial charge in [0.2, 0.25) is 0 Å². The van der Waals surface area contributed by atoms with Gasteiger partial charge in [0.1, 0.15) is 0 Å². The van der Waals surface area contributed by atoms with Gasteiger partial charge in [-0.2, -0.15) is 10.1 Å². The maximum atomic E-state index is 12.0. The first-order chi connectivity index (χ1) is 7.50. The quantitative estimate of drug-likeness (QED) is 0.710. The van der Waals surface area contributed by atoms with Crippen molar-refractivity contribution < 1.29 is 4.79 Å². The number of carbonyl (C=O) groups is 1. The van der Waals surface area contributed by atoms with Crippen molar-refractivity contribution in [3.63, 3.8) is 0 Å². The lowest BCUT2D eigenvalue weighted by Gasteiger charge is -2.16. The molecule has 16 heavy (non-hydrogen) atoms. The van der Waals surface area contributed by atoms with E-state index in [4.69, 9.17) is 0 Å². The first-order valence-corrected chi connectivity index (χ1v) is 5.47. The lowest BCUT2D eigenvalue weighted by atomic mass is 10.1. The average Bonchev–Trinajstić information content (AvgIpc) is 2.50. The van der Waals surface area contributed by atoms with E-state index >= 15 is 0 Å². The van der Waals surface area contributed by atoms with E-state index in [0.29, 0.717) is 0 Å². The summed E-state index contributed by atoms with van der Waals surface area (Å²) in [5.74, 6) is -0.0360. The predicted molar refractivity (Wildman–Crippen MR) is 65.7 cm³/mol. The van der Waals surface area contributed by atoms with Crippen LogP contribution in [0.15, 0.2) is 23.3 Å². The Bertz CT molecular complexity index is 477. The summed E-state index contributed by atoms with van der Waals surface area (Å²) in [6.07, 6.45) is 0. The fourth-order valence-electron chi connectivity index (χ4n) is 1.78. The lowest BCUT2D eigenvalue weighted by molar-refractivity contribution is -0.119. The van der Waals surface area contributed by atoms with Crippen molar-refractivity contribution in [2.45, 2.75) is 27.7 Å². The van der Waals surface area contributed by atoms with Crippen LogP contribution < -0.4 is 5.01 Å². The summed E-state index contributed by atoms with van der Waals surface area (Å²) in [5.41, 5.74) is 3.99. The number of hydrazone groups is 1. The van der Waals surface area contributed by atoms with Crippen LogP contribution in [0.5, 0.6) is 0 Å². The maximum absolute atomic E-state index is 12.0. The number of hydrogen-bond donors (Lipinski definition) is 0. The third-order valence-corrected chi connectivity index (χ3v) is 3.06. The first kappa shape index (κ1) is 10.9. The van der Waals surface area contributed by atoms with E-state index in [1.807, 2.05) is 45.9 Å². The Hall–Kier alpha value is -1.64. The van der Waals surface area contributed by atoms with Crippen LogP contribution in [0.4, 0.5) is 5.69 Å². The largest absolute Gasteiger partial charge is 0.272 e. The highest BCUT2D eigenvalue weighted by Crippen LogP contribution is 2.27. The van der Waals surface area contributed by atoms with Crippen LogP contribution in [0.25, 0.3) is 0 Å². The van der Waals surface area contributed by atoms with Crippen LogP contribution in [0, 0.1) is 19.8 Å². The molecule has 0 spiro atoms. The van der Waals surface area contributed by atoms with Crippen molar-refractivity contribution in [3.05, 3.63) is 29.3 Å². The van der Waals surface area contributed by atoms with E-state index < -0.39 is 0 Å². The molecule has 0 saturated heterocycles. The van der Waals surface area contributed by atoms with Gasteiger partial charge in [-0.1, -0.05) is 12.1 Å². The molecule has 0 radical (unpaired) electrons. The van der Waals surface area contributed by atoms with Gasteiger partial charge >= 0.3 is 0 Å². The summed E-state index contributed by atoms with van der Waals surface area (Å²) in [7, 11) is 0. The highest BCUT2D eigenvalue weighted by Gasteiger charge is 2.31. The minimum atomic E-state index is -0.0973. The Morgan fingerprint density at radius 2 is 1.94 bits per heavy atom. The van der Waals surface area contributed by atoms with Crippen LogP contribution in [0.3, 0.4) is 0 Å². The molecule has 1 aromatic carbocycles. The molecule has 0 bridgehead atoms. The smallest absolute Gasteiger partial charge is 0.255 e. The number of anilines is 1. The van der Waals surface area contributed by atoms with Gasteiger partial charge in [0.15, 0.2) is 0 Å². The van der Waals surface area contributed by atoms with Crippen LogP contribution in [0.1, 0.15) is 25.0 Å². The molecule has 1 atom stereocenters. The van der Waals surface area contributed by atoms with Crippen LogP contribution in [0.2, 0.25) is 0 Å². The van der Waals surface area contributed by atoms with Gasteiger partial charge in [-0.15, -0.1) is 0 Å². The fourth-order valence-corrected chi connectivity index (χ4v) is 1.78. The lowest BCUT2D eigenvalue weighted by Crippen LogP contribution is -2.25. The van der Waals surface area contributed by atoms with Gasteiger partial charge in [0.05, 0.1) is 11.6 Å². The van der Waals surface area contributed by atoms with Gasteiger partial charge in [-0.25, -0.2) is 0 Å². The minimum absolute atomic E-state index is 0.0613. The molecule has 0 saturated carbocycles. The maximum Gasteiger partial charge on any atom is 0.255 e. The second kappa shape index (κ2) is 3.74. The number of amides is 1. The Labute approximate surface area is 95.8 Å². The third kappa shape index (κ3) is 1.62. The molecule has 84 valence electrons. The molecule has 1 unspecified atom stereocenters. The van der Waals surface area contributed by atoms with E-state index in [-0.39, 0.29) is 11.8 Å². The monoisotopic (exact) mass is 216 g/mol. The van der Waals surface area contributed by atoms with Gasteiger partial charge in [0, 0.05) is 5.71 Å². The number of benzene rings is 1. The van der Waals surface area contributed by atoms with Gasteiger partial charge < -0.3 is 0 Å². The molecule has 0 fully saturated rings. The molecular formula is C13H16N2O. The van der Waals surface area contributed by atoms with Crippen molar-refractivity contribution in [1.82, 2.24) is 0 Å². The Kier molecular flexibility index (Phi) is 2.54. The van der Waals surface area contributed by atoms with E-state index in [1.165, 1.54) is 5.01 Å². The molecule has 2 rings (SSSR count). The van der Waals surface area contributed by atoms with Gasteiger partial charge in [-0.05, 0) is 44.9 Å². The van der Waals surface area contributed by atoms with Crippen molar-refractivity contribution in [1.29, 1.82) is 0 Å². The summed E-state index contributed by atoms with van der Waals surface area (Å²) in [5, 5.41) is 5.85. The standard InChI is InChI=1S/C13H16N2O/c1-8-5-6-9(2)12(7-8)15-13(16)10(3)11(4)14-15/h5-7,10H,1-4H3. The number of hydrogen-bond acceptors (Lipinski definition) is 2. The number of aryl methyl sites for hydroxylation is 2. The van der Waals surface area contributed by atoms with Crippen molar-refractivity contribution in [3.8, 4) is 0 Å². The Balaban J connectivity index is 2.46. The molecular weight excluding hydrogens is 200 g/mol. The molecule has 0 aliphatic carbocycles. The predicted octanol–water partition coefficient (Wildman–Crippen LogP) is 2.66. The van der Waals surface area contributed by atoms with Gasteiger partial charge in [0.25, 0.3) is 5.91 Å². The first-order valence-electron chi connectivity index (χ1n) is 5.47. The topological polar surface area (TPSA) is 32.7 Å². The summed E-state index contributed by atoms with van der Waals surface area (Å²) in [6, 6.07) is 6.06. The van der Waals surface area contributed by atoms with Crippen molar-refractivity contribution >= 4 is 17.3 Å². The molecule has 3 nitrogen and oxygen atoms in total. The van der Waals surface area contributed by atoms with Gasteiger partial charge in [-0.3, -0.25) is 4.79 Å². The van der Waals surface area contributed by atoms with E-state index in [0.717, 1.165) is 22.5 Å². The van der Waals surface area contributed by atoms with E-state index in [2.05, 4.69) is 5.10 Å². The zero-order valence-electron chi connectivity index (χ0n) is 10.1. The molecule has 0 N–H and O–H groups in total. The molecule has 1 heterocycles. The second-order valence-corrected chi connectivity index (χ2v) is 4.40. The van der Waals surface area contributed by atoms with Crippen LogP contribution in [-0.4, -0.2) is 11.6 Å². The molecule has 1 aromatic rings. The molecule has 1 aliphatic rings. The molecule has 1 amide bonds. The minimum Gasteiger partial charge on any atom is -0.272 e. The second-order valence-electron chi connectivity index (χ2n) is 4.40. The van der Waals surface area contributed by atoms with E-state index in [1.54, 1.807) is 0 Å². The fraction of sp³-hybridized carbons (Fsp3) is 0.385. The highest BCUT2D eigenvalue weighted by atomic mass is 16.2. The number of carbonyl (C=O) groups excluding carboxylic acids is 1. The summed E-state index contributed by atoms with van der Waals surface area (Å²) < 4.78 is 0. The van der Waals surface area contributed by atoms with Crippen LogP contribution >= 0.6 is 0 Å².